The van der Waals surface area contributed by atoms with Crippen LogP contribution in [0.5, 0.6) is 17.2 Å². The maximum absolute atomic E-state index is 13.9. The second-order valence-electron chi connectivity index (χ2n) is 14.2. The van der Waals surface area contributed by atoms with Gasteiger partial charge in [0, 0.05) is 67.4 Å². The third-order valence-electron chi connectivity index (χ3n) is 10.7. The molecule has 10 nitrogen and oxygen atoms in total. The van der Waals surface area contributed by atoms with E-state index in [9.17, 15) is 19.2 Å². The Kier molecular flexibility index (Phi) is 9.28. The fraction of sp³-hybridized carbons (Fsp3) is 0.326. The summed E-state index contributed by atoms with van der Waals surface area (Å²) in [6.07, 6.45) is 7.05. The molecule has 4 aliphatic heterocycles. The van der Waals surface area contributed by atoms with Gasteiger partial charge < -0.3 is 23.9 Å². The third kappa shape index (κ3) is 6.47. The minimum Gasteiger partial charge on any atom is -0.493 e. The summed E-state index contributed by atoms with van der Waals surface area (Å²) in [5, 5.41) is 0. The summed E-state index contributed by atoms with van der Waals surface area (Å²) in [5.41, 5.74) is 8.45. The summed E-state index contributed by atoms with van der Waals surface area (Å²) in [6, 6.07) is 21.3. The number of methoxy groups -OCH3 is 1. The van der Waals surface area contributed by atoms with Crippen LogP contribution in [0, 0.1) is 6.92 Å². The van der Waals surface area contributed by atoms with Crippen LogP contribution in [0.15, 0.2) is 71.7 Å². The normalized spacial score (nSPS) is 17.8. The third-order valence-corrected chi connectivity index (χ3v) is 10.7. The van der Waals surface area contributed by atoms with Crippen molar-refractivity contribution in [2.24, 2.45) is 4.99 Å². The minimum absolute atomic E-state index is 0.00467. The van der Waals surface area contributed by atoms with Crippen LogP contribution in [0.2, 0.25) is 0 Å². The van der Waals surface area contributed by atoms with E-state index in [1.54, 1.807) is 12.0 Å². The van der Waals surface area contributed by atoms with Gasteiger partial charge in [-0.25, -0.2) is 0 Å². The van der Waals surface area contributed by atoms with Gasteiger partial charge in [0.2, 0.25) is 0 Å². The van der Waals surface area contributed by atoms with Crippen molar-refractivity contribution in [1.82, 2.24) is 0 Å². The van der Waals surface area contributed by atoms with Crippen molar-refractivity contribution in [3.63, 3.8) is 0 Å². The Morgan fingerprint density at radius 1 is 0.849 bits per heavy atom. The Hall–Kier alpha value is -5.77. The number of nitrogens with zero attached hydrogens (tertiary/aromatic N) is 3. The Labute approximate surface area is 308 Å². The number of ketones is 1. The van der Waals surface area contributed by atoms with Gasteiger partial charge in [0.15, 0.2) is 11.5 Å². The molecule has 0 N–H and O–H groups in total. The lowest BCUT2D eigenvalue weighted by Crippen LogP contribution is -2.37. The smallest absolute Gasteiger partial charge is 0.261 e. The van der Waals surface area contributed by atoms with E-state index in [0.29, 0.717) is 60.1 Å². The molecular formula is C43H41N3O7. The zero-order valence-electron chi connectivity index (χ0n) is 29.9. The van der Waals surface area contributed by atoms with Crippen LogP contribution >= 0.6 is 0 Å². The number of carbonyl (C=O) groups is 4. The Morgan fingerprint density at radius 3 is 2.47 bits per heavy atom. The average molecular weight is 712 g/mol. The lowest BCUT2D eigenvalue weighted by molar-refractivity contribution is -0.120. The number of aliphatic imine (C=N–C) groups is 1. The average Bonchev–Trinajstić information content (AvgIpc) is 3.65. The first-order valence-electron chi connectivity index (χ1n) is 18.3. The number of fused-ring (bicyclic) bond motifs is 8. The van der Waals surface area contributed by atoms with E-state index in [1.165, 1.54) is 5.56 Å². The van der Waals surface area contributed by atoms with Crippen LogP contribution < -0.4 is 24.0 Å². The number of hydrogen-bond donors (Lipinski definition) is 0. The Bertz CT molecular complexity index is 2180. The molecule has 4 heterocycles. The lowest BCUT2D eigenvalue weighted by atomic mass is 9.99. The number of amides is 2. The molecule has 4 aromatic rings. The summed E-state index contributed by atoms with van der Waals surface area (Å²) < 4.78 is 18.0. The molecule has 0 saturated carbocycles. The minimum atomic E-state index is -0.232. The van der Waals surface area contributed by atoms with Crippen LogP contribution in [-0.4, -0.2) is 62.5 Å². The summed E-state index contributed by atoms with van der Waals surface area (Å²) >= 11 is 0. The molecule has 2 atom stereocenters. The van der Waals surface area contributed by atoms with E-state index in [-0.39, 0.29) is 48.9 Å². The molecule has 0 aromatic heterocycles. The molecule has 0 radical (unpaired) electrons. The van der Waals surface area contributed by atoms with Crippen molar-refractivity contribution < 1.29 is 33.4 Å². The van der Waals surface area contributed by atoms with E-state index in [0.717, 1.165) is 59.2 Å². The van der Waals surface area contributed by atoms with Gasteiger partial charge in [0.05, 0.1) is 37.6 Å². The highest BCUT2D eigenvalue weighted by Crippen LogP contribution is 2.42. The first kappa shape index (κ1) is 34.3. The predicted molar refractivity (Wildman–Crippen MR) is 202 cm³/mol. The van der Waals surface area contributed by atoms with Crippen LogP contribution in [-0.2, 0) is 35.3 Å². The maximum Gasteiger partial charge on any atom is 0.261 e. The van der Waals surface area contributed by atoms with Gasteiger partial charge in [-0.05, 0) is 84.3 Å². The van der Waals surface area contributed by atoms with Crippen molar-refractivity contribution in [2.45, 2.75) is 70.4 Å². The van der Waals surface area contributed by atoms with Crippen molar-refractivity contribution in [3.05, 3.63) is 106 Å². The van der Waals surface area contributed by atoms with Gasteiger partial charge in [-0.1, -0.05) is 30.3 Å². The largest absolute Gasteiger partial charge is 0.493 e. The first-order valence-corrected chi connectivity index (χ1v) is 18.3. The van der Waals surface area contributed by atoms with Gasteiger partial charge in [-0.2, -0.15) is 0 Å². The fourth-order valence-electron chi connectivity index (χ4n) is 8.09. The van der Waals surface area contributed by atoms with Gasteiger partial charge in [-0.15, -0.1) is 0 Å². The summed E-state index contributed by atoms with van der Waals surface area (Å²) in [6.45, 7) is 2.69. The van der Waals surface area contributed by atoms with Gasteiger partial charge in [0.1, 0.15) is 17.8 Å². The molecule has 0 unspecified atom stereocenters. The van der Waals surface area contributed by atoms with E-state index in [4.69, 9.17) is 19.2 Å². The number of ether oxygens (including phenoxy) is 3. The Morgan fingerprint density at radius 2 is 1.64 bits per heavy atom. The van der Waals surface area contributed by atoms with Gasteiger partial charge in [0.25, 0.3) is 11.8 Å². The molecule has 2 amide bonds. The van der Waals surface area contributed by atoms with E-state index >= 15 is 0 Å². The second kappa shape index (κ2) is 14.3. The van der Waals surface area contributed by atoms with Crippen LogP contribution in [0.25, 0.3) is 0 Å². The summed E-state index contributed by atoms with van der Waals surface area (Å²) in [7, 11) is 1.59. The lowest BCUT2D eigenvalue weighted by Gasteiger charge is -2.23. The molecule has 53 heavy (non-hydrogen) atoms. The molecule has 0 spiro atoms. The van der Waals surface area contributed by atoms with Gasteiger partial charge in [-0.3, -0.25) is 24.3 Å². The number of para-hydroxylation sites is 1. The maximum atomic E-state index is 13.9. The number of carbonyl (C=O) groups excluding carboxylic acids is 4. The molecule has 4 aromatic carbocycles. The molecular weight excluding hydrogens is 670 g/mol. The van der Waals surface area contributed by atoms with Gasteiger partial charge >= 0.3 is 0 Å². The molecule has 270 valence electrons. The molecule has 0 saturated heterocycles. The zero-order chi connectivity index (χ0) is 36.6. The molecule has 8 rings (SSSR count). The molecule has 4 aliphatic rings. The number of rotatable bonds is 12. The van der Waals surface area contributed by atoms with Crippen molar-refractivity contribution in [1.29, 1.82) is 0 Å². The van der Waals surface area contributed by atoms with Crippen LogP contribution in [0.3, 0.4) is 0 Å². The topological polar surface area (TPSA) is 115 Å². The number of anilines is 2. The molecule has 0 bridgehead atoms. The zero-order valence-corrected chi connectivity index (χ0v) is 29.9. The fourth-order valence-corrected chi connectivity index (χ4v) is 8.09. The quantitative estimate of drug-likeness (QED) is 0.118. The highest BCUT2D eigenvalue weighted by Gasteiger charge is 2.38. The van der Waals surface area contributed by atoms with Crippen LogP contribution in [0.1, 0.15) is 74.2 Å². The van der Waals surface area contributed by atoms with E-state index in [1.807, 2.05) is 78.7 Å². The van der Waals surface area contributed by atoms with Crippen LogP contribution in [0.4, 0.5) is 17.1 Å². The molecule has 0 fully saturated rings. The van der Waals surface area contributed by atoms with Crippen molar-refractivity contribution in [3.8, 4) is 17.2 Å². The highest BCUT2D eigenvalue weighted by atomic mass is 16.5. The van der Waals surface area contributed by atoms with E-state index < -0.39 is 0 Å². The number of aldehydes is 1. The van der Waals surface area contributed by atoms with E-state index in [2.05, 4.69) is 6.07 Å². The van der Waals surface area contributed by atoms with Crippen molar-refractivity contribution in [2.75, 3.05) is 30.1 Å². The number of Topliss-reactive ketones (excluding diaryl/α,β-unsaturated/α-hetero) is 1. The standard InChI is InChI=1S/C43H41N3O7/c1-26-17-35-36(44-25-32-21-30-18-27(19-33(48)8-5-14-47)10-13-38(30)46(32)43(35)50)24-39(26)52-15-6-16-53-41-22-28-11-12-31-20-29-7-3-4-9-37(29)45(31)42(49)34(28)23-40(41)51-2/h3-4,7,9-10,13-14,17-18,22-25,31-32H,5-6,8,11-12,15-16,19-21H2,1-2H3/t31-,32+/m1/s1. The summed E-state index contributed by atoms with van der Waals surface area (Å²) in [4.78, 5) is 59.0. The number of benzene rings is 4. The SMILES string of the molecule is COc1cc2c(cc1OCCCOc1cc3c(cc1C)C(=O)N1c4ccc(CC(=O)CCC=O)cc4C[C@H]1C=N3)CC[C@@H]1Cc3ccccc3N1C2=O. The number of aryl methyl sites for hydroxylation is 2. The monoisotopic (exact) mass is 711 g/mol. The number of hydrogen-bond acceptors (Lipinski definition) is 8. The first-order chi connectivity index (χ1) is 25.8. The molecule has 10 heteroatoms. The predicted octanol–water partition coefficient (Wildman–Crippen LogP) is 6.75. The Balaban J connectivity index is 0.899. The summed E-state index contributed by atoms with van der Waals surface area (Å²) in [5.74, 6) is 1.69. The van der Waals surface area contributed by atoms with Crippen molar-refractivity contribution >= 4 is 47.2 Å². The second-order valence-corrected chi connectivity index (χ2v) is 14.2. The highest BCUT2D eigenvalue weighted by molar-refractivity contribution is 6.14. The molecule has 0 aliphatic carbocycles.